The standard InChI is InChI=1S/C8H12ClNO/c1-6-7(3-4-10-2)5-8(9)11-6/h5,10H,3-4H2,1-2H3. The van der Waals surface area contributed by atoms with Gasteiger partial charge in [0.25, 0.3) is 0 Å². The Hall–Kier alpha value is -0.470. The van der Waals surface area contributed by atoms with Crippen LogP contribution in [0.2, 0.25) is 5.22 Å². The lowest BCUT2D eigenvalue weighted by atomic mass is 10.2. The summed E-state index contributed by atoms with van der Waals surface area (Å²) in [4.78, 5) is 0. The van der Waals surface area contributed by atoms with Crippen LogP contribution in [0.15, 0.2) is 10.5 Å². The third kappa shape index (κ3) is 2.24. The second-order valence-electron chi connectivity index (χ2n) is 2.49. The van der Waals surface area contributed by atoms with Gasteiger partial charge < -0.3 is 9.73 Å². The topological polar surface area (TPSA) is 25.2 Å². The fourth-order valence-electron chi connectivity index (χ4n) is 0.988. The van der Waals surface area contributed by atoms with E-state index in [4.69, 9.17) is 16.0 Å². The van der Waals surface area contributed by atoms with Gasteiger partial charge in [0.15, 0.2) is 5.22 Å². The molecule has 0 aliphatic rings. The molecule has 0 aliphatic heterocycles. The number of likely N-dealkylation sites (N-methyl/N-ethyl adjacent to an activating group) is 1. The van der Waals surface area contributed by atoms with Crippen molar-refractivity contribution in [2.24, 2.45) is 0 Å². The van der Waals surface area contributed by atoms with E-state index in [2.05, 4.69) is 5.32 Å². The average Bonchev–Trinajstić information content (AvgIpc) is 2.26. The van der Waals surface area contributed by atoms with Gasteiger partial charge in [-0.2, -0.15) is 0 Å². The molecule has 11 heavy (non-hydrogen) atoms. The number of aryl methyl sites for hydroxylation is 1. The summed E-state index contributed by atoms with van der Waals surface area (Å²) >= 11 is 5.66. The maximum absolute atomic E-state index is 5.66. The number of rotatable bonds is 3. The van der Waals surface area contributed by atoms with Gasteiger partial charge in [-0.1, -0.05) is 0 Å². The van der Waals surface area contributed by atoms with Crippen LogP contribution in [0.5, 0.6) is 0 Å². The van der Waals surface area contributed by atoms with Crippen molar-refractivity contribution in [3.8, 4) is 0 Å². The smallest absolute Gasteiger partial charge is 0.193 e. The van der Waals surface area contributed by atoms with E-state index in [0.717, 1.165) is 18.7 Å². The maximum atomic E-state index is 5.66. The van der Waals surface area contributed by atoms with Crippen molar-refractivity contribution in [2.45, 2.75) is 13.3 Å². The van der Waals surface area contributed by atoms with Gasteiger partial charge in [0.05, 0.1) is 0 Å². The first kappa shape index (κ1) is 8.62. The molecule has 0 saturated carbocycles. The first-order chi connectivity index (χ1) is 5.24. The molecule has 0 fully saturated rings. The molecule has 0 saturated heterocycles. The van der Waals surface area contributed by atoms with E-state index in [9.17, 15) is 0 Å². The SMILES string of the molecule is CNCCc1cc(Cl)oc1C. The van der Waals surface area contributed by atoms with E-state index in [1.54, 1.807) is 0 Å². The van der Waals surface area contributed by atoms with Crippen LogP contribution < -0.4 is 5.32 Å². The fourth-order valence-corrected chi connectivity index (χ4v) is 1.24. The molecule has 0 spiro atoms. The summed E-state index contributed by atoms with van der Waals surface area (Å²) < 4.78 is 5.15. The highest BCUT2D eigenvalue weighted by Crippen LogP contribution is 2.18. The molecule has 0 radical (unpaired) electrons. The zero-order valence-corrected chi connectivity index (χ0v) is 7.53. The molecule has 1 rings (SSSR count). The molecule has 0 atom stereocenters. The molecule has 0 bridgehead atoms. The Balaban J connectivity index is 2.62. The van der Waals surface area contributed by atoms with Gasteiger partial charge in [0, 0.05) is 0 Å². The van der Waals surface area contributed by atoms with E-state index in [1.165, 1.54) is 5.56 Å². The first-order valence-electron chi connectivity index (χ1n) is 3.63. The zero-order chi connectivity index (χ0) is 8.27. The predicted molar refractivity (Wildman–Crippen MR) is 46.1 cm³/mol. The molecular weight excluding hydrogens is 162 g/mol. The van der Waals surface area contributed by atoms with E-state index in [0.29, 0.717) is 5.22 Å². The first-order valence-corrected chi connectivity index (χ1v) is 4.01. The molecule has 62 valence electrons. The molecule has 0 aromatic carbocycles. The van der Waals surface area contributed by atoms with Crippen molar-refractivity contribution in [1.82, 2.24) is 5.32 Å². The van der Waals surface area contributed by atoms with Crippen molar-refractivity contribution in [3.63, 3.8) is 0 Å². The minimum atomic E-state index is 0.480. The molecule has 0 unspecified atom stereocenters. The highest BCUT2D eigenvalue weighted by atomic mass is 35.5. The second kappa shape index (κ2) is 3.79. The Labute approximate surface area is 71.5 Å². The molecule has 3 heteroatoms. The van der Waals surface area contributed by atoms with Crippen molar-refractivity contribution in [3.05, 3.63) is 22.6 Å². The Morgan fingerprint density at radius 2 is 2.36 bits per heavy atom. The van der Waals surface area contributed by atoms with Gasteiger partial charge in [0.2, 0.25) is 0 Å². The summed E-state index contributed by atoms with van der Waals surface area (Å²) in [6.07, 6.45) is 0.971. The lowest BCUT2D eigenvalue weighted by molar-refractivity contribution is 0.531. The fraction of sp³-hybridized carbons (Fsp3) is 0.500. The van der Waals surface area contributed by atoms with Crippen LogP contribution in [0.25, 0.3) is 0 Å². The Kier molecular flexibility index (Phi) is 2.97. The average molecular weight is 174 g/mol. The van der Waals surface area contributed by atoms with Gasteiger partial charge in [-0.3, -0.25) is 0 Å². The molecule has 1 aromatic rings. The number of nitrogens with one attached hydrogen (secondary N) is 1. The van der Waals surface area contributed by atoms with Crippen LogP contribution >= 0.6 is 11.6 Å². The van der Waals surface area contributed by atoms with Crippen molar-refractivity contribution >= 4 is 11.6 Å². The van der Waals surface area contributed by atoms with Crippen LogP contribution in [0.3, 0.4) is 0 Å². The molecule has 1 heterocycles. The molecule has 0 amide bonds. The molecule has 1 N–H and O–H groups in total. The van der Waals surface area contributed by atoms with Gasteiger partial charge in [-0.15, -0.1) is 0 Å². The summed E-state index contributed by atoms with van der Waals surface area (Å²) in [5.74, 6) is 0.922. The van der Waals surface area contributed by atoms with Crippen molar-refractivity contribution in [1.29, 1.82) is 0 Å². The Morgan fingerprint density at radius 3 is 2.82 bits per heavy atom. The van der Waals surface area contributed by atoms with E-state index in [-0.39, 0.29) is 0 Å². The van der Waals surface area contributed by atoms with Crippen LogP contribution in [0, 0.1) is 6.92 Å². The Morgan fingerprint density at radius 1 is 1.64 bits per heavy atom. The molecular formula is C8H12ClNO. The molecule has 0 aliphatic carbocycles. The second-order valence-corrected chi connectivity index (χ2v) is 2.86. The third-order valence-corrected chi connectivity index (χ3v) is 1.82. The van der Waals surface area contributed by atoms with Crippen molar-refractivity contribution < 1.29 is 4.42 Å². The summed E-state index contributed by atoms with van der Waals surface area (Å²) in [7, 11) is 1.93. The van der Waals surface area contributed by atoms with Crippen LogP contribution in [-0.4, -0.2) is 13.6 Å². The van der Waals surface area contributed by atoms with E-state index < -0.39 is 0 Å². The highest BCUT2D eigenvalue weighted by Gasteiger charge is 2.03. The summed E-state index contributed by atoms with van der Waals surface area (Å²) in [5, 5.41) is 3.55. The Bertz CT molecular complexity index is 232. The number of hydrogen-bond acceptors (Lipinski definition) is 2. The summed E-state index contributed by atoms with van der Waals surface area (Å²) in [5.41, 5.74) is 1.18. The van der Waals surface area contributed by atoms with Gasteiger partial charge in [0.1, 0.15) is 5.76 Å². The predicted octanol–water partition coefficient (Wildman–Crippen LogP) is 2.00. The minimum Gasteiger partial charge on any atom is -0.450 e. The lowest BCUT2D eigenvalue weighted by Gasteiger charge is -1.95. The number of hydrogen-bond donors (Lipinski definition) is 1. The van der Waals surface area contributed by atoms with Crippen LogP contribution in [0.1, 0.15) is 11.3 Å². The molecule has 2 nitrogen and oxygen atoms in total. The van der Waals surface area contributed by atoms with Crippen molar-refractivity contribution in [2.75, 3.05) is 13.6 Å². The highest BCUT2D eigenvalue weighted by molar-refractivity contribution is 6.28. The van der Waals surface area contributed by atoms with Crippen LogP contribution in [0.4, 0.5) is 0 Å². The monoisotopic (exact) mass is 173 g/mol. The largest absolute Gasteiger partial charge is 0.450 e. The van der Waals surface area contributed by atoms with Gasteiger partial charge >= 0.3 is 0 Å². The molecule has 1 aromatic heterocycles. The maximum Gasteiger partial charge on any atom is 0.193 e. The summed E-state index contributed by atoms with van der Waals surface area (Å²) in [6, 6.07) is 1.87. The number of halogens is 1. The number of furan rings is 1. The quantitative estimate of drug-likeness (QED) is 0.757. The lowest BCUT2D eigenvalue weighted by Crippen LogP contribution is -2.10. The minimum absolute atomic E-state index is 0.480. The van der Waals surface area contributed by atoms with E-state index in [1.807, 2.05) is 20.0 Å². The summed E-state index contributed by atoms with van der Waals surface area (Å²) in [6.45, 7) is 2.88. The van der Waals surface area contributed by atoms with Gasteiger partial charge in [-0.05, 0) is 50.2 Å². The van der Waals surface area contributed by atoms with Gasteiger partial charge in [-0.25, -0.2) is 0 Å². The third-order valence-electron chi connectivity index (χ3n) is 1.63. The van der Waals surface area contributed by atoms with Crippen LogP contribution in [-0.2, 0) is 6.42 Å². The normalized spacial score (nSPS) is 10.5. The van der Waals surface area contributed by atoms with E-state index >= 15 is 0 Å². The zero-order valence-electron chi connectivity index (χ0n) is 6.78.